The molecule has 0 aromatic heterocycles. The first-order valence-corrected chi connectivity index (χ1v) is 24.0. The Morgan fingerprint density at radius 2 is 1.17 bits per heavy atom. The number of hydrogen-bond donors (Lipinski definition) is 0. The lowest BCUT2D eigenvalue weighted by atomic mass is 9.27. The lowest BCUT2D eigenvalue weighted by Gasteiger charge is -2.76. The second-order valence-corrected chi connectivity index (χ2v) is 23.8. The van der Waals surface area contributed by atoms with E-state index in [-0.39, 0.29) is 16.2 Å². The third-order valence-electron chi connectivity index (χ3n) is 21.3. The molecule has 8 fully saturated rings. The van der Waals surface area contributed by atoms with Crippen LogP contribution in [0.25, 0.3) is 22.3 Å². The van der Waals surface area contributed by atoms with Crippen molar-refractivity contribution in [1.82, 2.24) is 0 Å². The van der Waals surface area contributed by atoms with Gasteiger partial charge in [0, 0.05) is 27.9 Å². The van der Waals surface area contributed by atoms with Crippen molar-refractivity contribution < 1.29 is 0 Å². The highest BCUT2D eigenvalue weighted by atomic mass is 15.1. The van der Waals surface area contributed by atoms with Gasteiger partial charge in [0.25, 0.3) is 0 Å². The minimum atomic E-state index is 0.197. The Labute approximate surface area is 352 Å². The van der Waals surface area contributed by atoms with Gasteiger partial charge in [-0.2, -0.15) is 0 Å². The highest BCUT2D eigenvalue weighted by molar-refractivity contribution is 5.88. The quantitative estimate of drug-likeness (QED) is 0.172. The van der Waals surface area contributed by atoms with E-state index in [4.69, 9.17) is 0 Å². The molecule has 11 unspecified atom stereocenters. The van der Waals surface area contributed by atoms with E-state index in [9.17, 15) is 0 Å². The molecule has 1 heteroatoms. The summed E-state index contributed by atoms with van der Waals surface area (Å²) in [5.41, 5.74) is 20.0. The Balaban J connectivity index is 0.856. The van der Waals surface area contributed by atoms with Crippen LogP contribution >= 0.6 is 0 Å². The number of nitrogens with zero attached hydrogens (tertiary/aromatic N) is 1. The zero-order chi connectivity index (χ0) is 39.1. The maximum Gasteiger partial charge on any atom is 0.0465 e. The highest BCUT2D eigenvalue weighted by Crippen LogP contribution is 2.90. The molecule has 15 rings (SSSR count). The third-order valence-corrected chi connectivity index (χ3v) is 21.3. The van der Waals surface area contributed by atoms with Crippen molar-refractivity contribution in [3.8, 4) is 22.3 Å². The zero-order valence-corrected chi connectivity index (χ0v) is 35.7. The first-order chi connectivity index (χ1) is 28.6. The van der Waals surface area contributed by atoms with Crippen LogP contribution in [0.3, 0.4) is 0 Å². The molecule has 0 N–H and O–H groups in total. The topological polar surface area (TPSA) is 3.24 Å². The van der Waals surface area contributed by atoms with Crippen LogP contribution in [-0.4, -0.2) is 0 Å². The van der Waals surface area contributed by atoms with Crippen molar-refractivity contribution in [2.45, 2.75) is 120 Å². The molecule has 8 saturated carbocycles. The van der Waals surface area contributed by atoms with Crippen molar-refractivity contribution in [2.24, 2.45) is 52.3 Å². The van der Waals surface area contributed by atoms with Crippen LogP contribution in [0.2, 0.25) is 0 Å². The molecular weight excluding hydrogens is 711 g/mol. The molecule has 296 valence electrons. The van der Waals surface area contributed by atoms with Gasteiger partial charge in [-0.1, -0.05) is 100 Å². The molecule has 10 aliphatic rings. The highest BCUT2D eigenvalue weighted by Gasteiger charge is 2.85. The lowest BCUT2D eigenvalue weighted by Crippen LogP contribution is -2.73. The average Bonchev–Trinajstić information content (AvgIpc) is 4.01. The van der Waals surface area contributed by atoms with Gasteiger partial charge < -0.3 is 4.90 Å². The van der Waals surface area contributed by atoms with E-state index in [1.807, 2.05) is 0 Å². The van der Waals surface area contributed by atoms with E-state index < -0.39 is 0 Å². The van der Waals surface area contributed by atoms with Gasteiger partial charge in [0.15, 0.2) is 0 Å². The van der Waals surface area contributed by atoms with Gasteiger partial charge in [0.1, 0.15) is 0 Å². The minimum absolute atomic E-state index is 0.197. The smallest absolute Gasteiger partial charge is 0.0465 e. The summed E-state index contributed by atoms with van der Waals surface area (Å²) in [5.74, 6) is 6.59. The first kappa shape index (κ1) is 33.6. The van der Waals surface area contributed by atoms with Gasteiger partial charge >= 0.3 is 0 Å². The predicted molar refractivity (Wildman–Crippen MR) is 241 cm³/mol. The summed E-state index contributed by atoms with van der Waals surface area (Å²) in [5, 5.41) is 0. The standard InChI is InChI=1S/C58H59N/c1-53(2)21-22-54(3,4)50-26-37(11-20-48(50)53)36-9-14-42(15-10-36)59(43-16-12-38(13-17-43)55-30-35-24-40-27-41(33-55)57(40,55)32-35)44-18-19-46-45-7-5-6-8-47(45)58(49(46)29-44)51-25-34-23-39-28-52(58)56(39,51)31-34/h5-20,26,29,34-35,39-41,51-52H,21-25,27-28,30-33H2,1-4H3. The fourth-order valence-corrected chi connectivity index (χ4v) is 19.1. The van der Waals surface area contributed by atoms with Crippen molar-refractivity contribution in [3.63, 3.8) is 0 Å². The zero-order valence-electron chi connectivity index (χ0n) is 35.7. The summed E-state index contributed by atoms with van der Waals surface area (Å²) in [7, 11) is 0. The molecule has 11 atom stereocenters. The summed E-state index contributed by atoms with van der Waals surface area (Å²) in [6.45, 7) is 9.77. The SMILES string of the molecule is CC1(C)CCC(C)(C)c2cc(-c3ccc(N(c4ccc(C56CC7CC8CC(C5)C86C7)cc4)c4ccc5c(c4)C4(c6ccccc6-5)C5CC6CC7CC4C75C6)cc3)ccc21. The van der Waals surface area contributed by atoms with Crippen LogP contribution in [0, 0.1) is 52.3 Å². The largest absolute Gasteiger partial charge is 0.310 e. The molecule has 5 aromatic carbocycles. The van der Waals surface area contributed by atoms with Crippen LogP contribution in [-0.2, 0) is 21.7 Å². The van der Waals surface area contributed by atoms with Gasteiger partial charge in [-0.15, -0.1) is 0 Å². The van der Waals surface area contributed by atoms with E-state index in [1.54, 1.807) is 16.7 Å². The van der Waals surface area contributed by atoms with Crippen molar-refractivity contribution in [2.75, 3.05) is 4.90 Å². The Hall–Kier alpha value is -4.10. The monoisotopic (exact) mass is 769 g/mol. The van der Waals surface area contributed by atoms with Crippen molar-refractivity contribution in [3.05, 3.63) is 137 Å². The fraction of sp³-hybridized carbons (Fsp3) is 0.483. The van der Waals surface area contributed by atoms with Crippen LogP contribution < -0.4 is 4.90 Å². The number of anilines is 3. The molecule has 3 spiro atoms. The van der Waals surface area contributed by atoms with E-state index in [2.05, 4.69) is 142 Å². The number of benzene rings is 5. The van der Waals surface area contributed by atoms with Crippen molar-refractivity contribution >= 4 is 17.1 Å². The maximum absolute atomic E-state index is 2.69. The molecule has 0 amide bonds. The minimum Gasteiger partial charge on any atom is -0.310 e. The molecule has 59 heavy (non-hydrogen) atoms. The van der Waals surface area contributed by atoms with E-state index >= 15 is 0 Å². The lowest BCUT2D eigenvalue weighted by molar-refractivity contribution is -0.231. The molecular formula is C58H59N. The van der Waals surface area contributed by atoms with Gasteiger partial charge in [-0.3, -0.25) is 0 Å². The van der Waals surface area contributed by atoms with E-state index in [0.29, 0.717) is 16.2 Å². The van der Waals surface area contributed by atoms with Crippen LogP contribution in [0.1, 0.15) is 126 Å². The second kappa shape index (κ2) is 10.3. The molecule has 5 aromatic rings. The number of hydrogen-bond acceptors (Lipinski definition) is 1. The van der Waals surface area contributed by atoms with Crippen LogP contribution in [0.5, 0.6) is 0 Å². The number of rotatable bonds is 5. The second-order valence-electron chi connectivity index (χ2n) is 23.8. The predicted octanol–water partition coefficient (Wildman–Crippen LogP) is 14.6. The third kappa shape index (κ3) is 3.60. The Bertz CT molecular complexity index is 2680. The first-order valence-electron chi connectivity index (χ1n) is 24.0. The van der Waals surface area contributed by atoms with Gasteiger partial charge in [0.05, 0.1) is 0 Å². The number of fused-ring (bicyclic) bond motifs is 10. The summed E-state index contributed by atoms with van der Waals surface area (Å²) in [6, 6.07) is 44.5. The van der Waals surface area contributed by atoms with Crippen molar-refractivity contribution in [1.29, 1.82) is 0 Å². The molecule has 0 heterocycles. The van der Waals surface area contributed by atoms with Gasteiger partial charge in [0.2, 0.25) is 0 Å². The molecule has 1 nitrogen and oxygen atoms in total. The normalized spacial score (nSPS) is 40.2. The fourth-order valence-electron chi connectivity index (χ4n) is 19.1. The Morgan fingerprint density at radius 3 is 1.95 bits per heavy atom. The van der Waals surface area contributed by atoms with E-state index in [0.717, 1.165) is 41.4 Å². The van der Waals surface area contributed by atoms with Crippen LogP contribution in [0.4, 0.5) is 17.1 Å². The molecule has 0 saturated heterocycles. The summed E-state index contributed by atoms with van der Waals surface area (Å²) < 4.78 is 0. The Morgan fingerprint density at radius 1 is 0.475 bits per heavy atom. The van der Waals surface area contributed by atoms with E-state index in [1.165, 1.54) is 121 Å². The average molecular weight is 770 g/mol. The summed E-state index contributed by atoms with van der Waals surface area (Å²) in [4.78, 5) is 2.62. The molecule has 4 bridgehead atoms. The Kier molecular flexibility index (Phi) is 5.88. The molecule has 10 aliphatic carbocycles. The van der Waals surface area contributed by atoms with Gasteiger partial charge in [-0.05, 0) is 220 Å². The summed E-state index contributed by atoms with van der Waals surface area (Å²) in [6.07, 6.45) is 15.9. The molecule has 0 radical (unpaired) electrons. The molecule has 0 aliphatic heterocycles. The van der Waals surface area contributed by atoms with Gasteiger partial charge in [-0.25, -0.2) is 0 Å². The summed E-state index contributed by atoms with van der Waals surface area (Å²) >= 11 is 0. The van der Waals surface area contributed by atoms with Crippen LogP contribution in [0.15, 0.2) is 109 Å². The maximum atomic E-state index is 2.69.